The smallest absolute Gasteiger partial charge is 0.0825 e. The fourth-order valence-corrected chi connectivity index (χ4v) is 0.712. The lowest BCUT2D eigenvalue weighted by Crippen LogP contribution is -2.41. The van der Waals surface area contributed by atoms with Gasteiger partial charge in [0.05, 0.1) is 8.07 Å². The number of hydrogen-bond acceptors (Lipinski definition) is 1. The van der Waals surface area contributed by atoms with Gasteiger partial charge in [0.25, 0.3) is 0 Å². The molecule has 56 valence electrons. The molecule has 0 spiro atoms. The molecule has 0 amide bonds. The van der Waals surface area contributed by atoms with Crippen LogP contribution in [0, 0.1) is 0 Å². The minimum absolute atomic E-state index is 0.335. The third-order valence-electron chi connectivity index (χ3n) is 2.43. The van der Waals surface area contributed by atoms with E-state index >= 15 is 0 Å². The highest BCUT2D eigenvalue weighted by Gasteiger charge is 2.33. The van der Waals surface area contributed by atoms with Crippen molar-refractivity contribution in [2.45, 2.75) is 38.9 Å². The Morgan fingerprint density at radius 2 is 1.56 bits per heavy atom. The van der Waals surface area contributed by atoms with Gasteiger partial charge in [-0.15, -0.1) is 0 Å². The summed E-state index contributed by atoms with van der Waals surface area (Å²) in [6.07, 6.45) is 0.399. The number of hydrogen-bond donors (Lipinski definition) is 1. The average molecular weight is 146 g/mol. The molecule has 0 aromatic heterocycles. The lowest BCUT2D eigenvalue weighted by atomic mass is 10.2. The monoisotopic (exact) mass is 146 g/mol. The maximum Gasteiger partial charge on any atom is 0.0825 e. The minimum Gasteiger partial charge on any atom is -0.400 e. The van der Waals surface area contributed by atoms with E-state index in [2.05, 4.69) is 33.9 Å². The lowest BCUT2D eigenvalue weighted by Gasteiger charge is -2.34. The first-order valence-corrected chi connectivity index (χ1v) is 6.63. The third-order valence-corrected chi connectivity index (χ3v) is 7.28. The van der Waals surface area contributed by atoms with Gasteiger partial charge in [-0.05, 0) is 5.04 Å². The summed E-state index contributed by atoms with van der Waals surface area (Å²) >= 11 is 0. The zero-order chi connectivity index (χ0) is 7.71. The summed E-state index contributed by atoms with van der Waals surface area (Å²) < 4.78 is 0. The zero-order valence-corrected chi connectivity index (χ0v) is 8.15. The van der Waals surface area contributed by atoms with Crippen LogP contribution in [-0.4, -0.2) is 19.4 Å². The fourth-order valence-electron chi connectivity index (χ4n) is 0.237. The van der Waals surface area contributed by atoms with Crippen LogP contribution >= 0.6 is 0 Å². The van der Waals surface area contributed by atoms with E-state index < -0.39 is 8.07 Å². The van der Waals surface area contributed by atoms with Crippen LogP contribution in [0.4, 0.5) is 0 Å². The molecule has 0 saturated carbocycles. The van der Waals surface area contributed by atoms with Crippen molar-refractivity contribution < 1.29 is 5.11 Å². The molecule has 0 saturated heterocycles. The van der Waals surface area contributed by atoms with Gasteiger partial charge < -0.3 is 5.11 Å². The molecule has 0 bridgehead atoms. The second-order valence-electron chi connectivity index (χ2n) is 4.29. The van der Waals surface area contributed by atoms with Gasteiger partial charge in [0.15, 0.2) is 0 Å². The molecule has 1 N–H and O–H groups in total. The summed E-state index contributed by atoms with van der Waals surface area (Å²) in [6, 6.07) is 0. The Kier molecular flexibility index (Phi) is 2.47. The maximum atomic E-state index is 8.99. The molecule has 0 atom stereocenters. The van der Waals surface area contributed by atoms with E-state index in [1.807, 2.05) is 0 Å². The molecule has 0 heterocycles. The quantitative estimate of drug-likeness (QED) is 0.561. The van der Waals surface area contributed by atoms with E-state index in [4.69, 9.17) is 5.11 Å². The average Bonchev–Trinajstić information content (AvgIpc) is 1.64. The fraction of sp³-hybridized carbons (Fsp3) is 1.00. The van der Waals surface area contributed by atoms with Gasteiger partial charge in [-0.1, -0.05) is 33.9 Å². The van der Waals surface area contributed by atoms with Crippen LogP contribution < -0.4 is 0 Å². The van der Waals surface area contributed by atoms with Crippen LogP contribution in [0.5, 0.6) is 0 Å². The van der Waals surface area contributed by atoms with Crippen molar-refractivity contribution in [3.8, 4) is 0 Å². The van der Waals surface area contributed by atoms with Gasteiger partial charge >= 0.3 is 0 Å². The molecule has 0 rings (SSSR count). The van der Waals surface area contributed by atoms with Gasteiger partial charge in [0.2, 0.25) is 0 Å². The summed E-state index contributed by atoms with van der Waals surface area (Å²) in [5.41, 5.74) is 0. The summed E-state index contributed by atoms with van der Waals surface area (Å²) in [5, 5.41) is 9.33. The van der Waals surface area contributed by atoms with E-state index in [9.17, 15) is 0 Å². The van der Waals surface area contributed by atoms with E-state index in [1.54, 1.807) is 0 Å². The topological polar surface area (TPSA) is 20.2 Å². The Hall–Kier alpha value is 0.177. The van der Waals surface area contributed by atoms with Crippen LogP contribution in [0.25, 0.3) is 0 Å². The predicted molar refractivity (Wildman–Crippen MR) is 44.3 cm³/mol. The van der Waals surface area contributed by atoms with Gasteiger partial charge in [-0.2, -0.15) is 0 Å². The molecular formula is C7H18OSi. The van der Waals surface area contributed by atoms with Crippen LogP contribution in [0.15, 0.2) is 0 Å². The lowest BCUT2D eigenvalue weighted by molar-refractivity contribution is 0.351. The van der Waals surface area contributed by atoms with Crippen LogP contribution in [0.1, 0.15) is 20.8 Å². The Labute approximate surface area is 59.1 Å². The van der Waals surface area contributed by atoms with Gasteiger partial charge in [-0.3, -0.25) is 0 Å². The van der Waals surface area contributed by atoms with E-state index in [-0.39, 0.29) is 0 Å². The molecule has 2 heteroatoms. The predicted octanol–water partition coefficient (Wildman–Crippen LogP) is 2.03. The number of aliphatic hydroxyl groups excluding tert-OH is 1. The summed E-state index contributed by atoms with van der Waals surface area (Å²) in [6.45, 7) is 11.0. The van der Waals surface area contributed by atoms with Crippen molar-refractivity contribution in [1.29, 1.82) is 0 Å². The maximum absolute atomic E-state index is 8.99. The Morgan fingerprint density at radius 3 is 1.56 bits per heavy atom. The van der Waals surface area contributed by atoms with Crippen molar-refractivity contribution in [1.82, 2.24) is 0 Å². The normalized spacial score (nSPS) is 14.0. The molecular weight excluding hydrogens is 128 g/mol. The molecule has 0 aromatic rings. The van der Waals surface area contributed by atoms with E-state index in [1.165, 1.54) is 0 Å². The molecule has 0 fully saturated rings. The summed E-state index contributed by atoms with van der Waals surface area (Å²) in [4.78, 5) is 0. The minimum atomic E-state index is -1.32. The van der Waals surface area contributed by atoms with E-state index in [0.29, 0.717) is 11.3 Å². The molecule has 0 aliphatic rings. The first-order valence-electron chi connectivity index (χ1n) is 3.42. The zero-order valence-electron chi connectivity index (χ0n) is 7.15. The van der Waals surface area contributed by atoms with Gasteiger partial charge in [-0.25, -0.2) is 0 Å². The Morgan fingerprint density at radius 1 is 1.22 bits per heavy atom. The first-order chi connectivity index (χ1) is 3.81. The van der Waals surface area contributed by atoms with Gasteiger partial charge in [0.1, 0.15) is 0 Å². The van der Waals surface area contributed by atoms with Crippen LogP contribution in [0.3, 0.4) is 0 Å². The molecule has 1 nitrogen and oxygen atoms in total. The van der Waals surface area contributed by atoms with Crippen molar-refractivity contribution in [3.05, 3.63) is 0 Å². The number of rotatable bonds is 1. The molecule has 9 heavy (non-hydrogen) atoms. The van der Waals surface area contributed by atoms with Crippen LogP contribution in [-0.2, 0) is 0 Å². The third kappa shape index (κ3) is 2.10. The highest BCUT2D eigenvalue weighted by molar-refractivity contribution is 6.80. The van der Waals surface area contributed by atoms with Gasteiger partial charge in [0, 0.05) is 6.23 Å². The van der Waals surface area contributed by atoms with Crippen molar-refractivity contribution in [3.63, 3.8) is 0 Å². The van der Waals surface area contributed by atoms with Crippen molar-refractivity contribution in [2.75, 3.05) is 6.23 Å². The largest absolute Gasteiger partial charge is 0.400 e. The molecule has 0 radical (unpaired) electrons. The van der Waals surface area contributed by atoms with Crippen LogP contribution in [0.2, 0.25) is 18.1 Å². The van der Waals surface area contributed by atoms with Crippen molar-refractivity contribution >= 4 is 8.07 Å². The van der Waals surface area contributed by atoms with Crippen molar-refractivity contribution in [2.24, 2.45) is 0 Å². The highest BCUT2D eigenvalue weighted by atomic mass is 28.3. The SMILES string of the molecule is CC(C)(C)[Si](C)(C)CO. The molecule has 0 aromatic carbocycles. The highest BCUT2D eigenvalue weighted by Crippen LogP contribution is 2.34. The van der Waals surface area contributed by atoms with E-state index in [0.717, 1.165) is 0 Å². The summed E-state index contributed by atoms with van der Waals surface area (Å²) in [7, 11) is -1.32. The number of aliphatic hydroxyl groups is 1. The standard InChI is InChI=1S/C7H18OSi/c1-7(2,3)9(4,5)6-8/h8H,6H2,1-5H3. The Bertz CT molecular complexity index is 91.6. The molecule has 0 aliphatic carbocycles. The second-order valence-corrected chi connectivity index (χ2v) is 9.88. The summed E-state index contributed by atoms with van der Waals surface area (Å²) in [5.74, 6) is 0. The molecule has 0 aliphatic heterocycles. The first kappa shape index (κ1) is 9.18. The second kappa shape index (κ2) is 2.43. The Balaban J connectivity index is 4.14. The molecule has 0 unspecified atom stereocenters.